The Kier molecular flexibility index (Phi) is 3.87. The van der Waals surface area contributed by atoms with E-state index >= 15 is 0 Å². The third kappa shape index (κ3) is 3.02. The zero-order valence-electron chi connectivity index (χ0n) is 4.33. The van der Waals surface area contributed by atoms with Crippen molar-refractivity contribution in [1.82, 2.24) is 0 Å². The average Bonchev–Trinajstić information content (AvgIpc) is 1.67. The summed E-state index contributed by atoms with van der Waals surface area (Å²) in [5.41, 5.74) is 5.11. The van der Waals surface area contributed by atoms with Crippen LogP contribution in [-0.4, -0.2) is 33.1 Å². The molecule has 0 aromatic heterocycles. The van der Waals surface area contributed by atoms with E-state index in [1.807, 2.05) is 0 Å². The Morgan fingerprint density at radius 1 is 1.88 bits per heavy atom. The molecule has 3 N–H and O–H groups in total. The predicted molar refractivity (Wildman–Crippen MR) is 30.8 cm³/mol. The summed E-state index contributed by atoms with van der Waals surface area (Å²) in [7, 11) is 0. The molecular weight excluding hydrogens is 173 g/mol. The number of hydrogen-bond donors (Lipinski definition) is 2. The van der Waals surface area contributed by atoms with Gasteiger partial charge in [0.1, 0.15) is 0 Å². The van der Waals surface area contributed by atoms with Crippen LogP contribution in [0.25, 0.3) is 0 Å². The molecule has 8 heavy (non-hydrogen) atoms. The first kappa shape index (κ1) is 7.95. The maximum atomic E-state index is 9.95. The third-order valence-electron chi connectivity index (χ3n) is 0.746. The van der Waals surface area contributed by atoms with Gasteiger partial charge in [0.2, 0.25) is 0 Å². The fourth-order valence-corrected chi connectivity index (χ4v) is 0.783. The normalized spacial score (nSPS) is 13.2. The third-order valence-corrected chi connectivity index (χ3v) is 1.24. The summed E-state index contributed by atoms with van der Waals surface area (Å²) in [4.78, 5) is 9.95. The summed E-state index contributed by atoms with van der Waals surface area (Å²) >= 11 is 2.69. The summed E-state index contributed by atoms with van der Waals surface area (Å²) in [5, 5.41) is 8.88. The first-order chi connectivity index (χ1) is 3.68. The van der Waals surface area contributed by atoms with Crippen LogP contribution in [0.4, 0.5) is 0 Å². The molecule has 1 atom stereocenters. The second-order valence-corrected chi connectivity index (χ2v) is 2.29. The van der Waals surface area contributed by atoms with Crippen LogP contribution >= 0.6 is 0 Å². The zero-order valence-corrected chi connectivity index (χ0v) is 6.05. The van der Waals surface area contributed by atoms with Gasteiger partial charge < -0.3 is 0 Å². The van der Waals surface area contributed by atoms with Crippen molar-refractivity contribution in [3.63, 3.8) is 0 Å². The van der Waals surface area contributed by atoms with E-state index < -0.39 is 12.0 Å². The molecule has 0 aromatic carbocycles. The van der Waals surface area contributed by atoms with Gasteiger partial charge in [0.25, 0.3) is 0 Å². The Balaban J connectivity index is 3.32. The number of carboxylic acid groups (broad SMARTS) is 1. The van der Waals surface area contributed by atoms with Gasteiger partial charge in [-0.2, -0.15) is 0 Å². The molecule has 0 saturated carbocycles. The van der Waals surface area contributed by atoms with Crippen molar-refractivity contribution >= 4 is 22.0 Å². The van der Waals surface area contributed by atoms with Crippen molar-refractivity contribution in [1.29, 1.82) is 0 Å². The zero-order chi connectivity index (χ0) is 6.57. The summed E-state index contributed by atoms with van der Waals surface area (Å²) in [5.74, 6) is -0.930. The van der Waals surface area contributed by atoms with Crippen molar-refractivity contribution in [2.75, 3.05) is 0 Å². The first-order valence-electron chi connectivity index (χ1n) is 2.25. The van der Waals surface area contributed by atoms with E-state index in [1.165, 1.54) is 0 Å². The van der Waals surface area contributed by atoms with E-state index in [0.717, 1.165) is 0 Å². The predicted octanol–water partition coefficient (Wildman–Crippen LogP) is -0.625. The van der Waals surface area contributed by atoms with Gasteiger partial charge in [-0.3, -0.25) is 0 Å². The molecule has 0 spiro atoms. The molecule has 47 valence electrons. The van der Waals surface area contributed by atoms with Crippen LogP contribution in [0.2, 0.25) is 5.32 Å². The monoisotopic (exact) mass is 182 g/mol. The summed E-state index contributed by atoms with van der Waals surface area (Å²) < 4.78 is 0. The molecule has 0 amide bonds. The van der Waals surface area contributed by atoms with Crippen LogP contribution in [0.3, 0.4) is 0 Å². The molecule has 0 aliphatic carbocycles. The van der Waals surface area contributed by atoms with E-state index in [0.29, 0.717) is 11.7 Å². The molecule has 0 aromatic rings. The molecule has 3 nitrogen and oxygen atoms in total. The van der Waals surface area contributed by atoms with Gasteiger partial charge in [-0.05, 0) is 0 Å². The van der Waals surface area contributed by atoms with Gasteiger partial charge in [-0.15, -0.1) is 0 Å². The summed E-state index contributed by atoms with van der Waals surface area (Å²) in [6.07, 6.45) is 0.509. The second-order valence-electron chi connectivity index (χ2n) is 1.44. The van der Waals surface area contributed by atoms with Crippen LogP contribution in [0.15, 0.2) is 0 Å². The summed E-state index contributed by atoms with van der Waals surface area (Å²) in [6.45, 7) is 0. The SMILES string of the molecule is N[C@@H](CC[Se])C(=O)O. The quantitative estimate of drug-likeness (QED) is 0.570. The van der Waals surface area contributed by atoms with E-state index in [1.54, 1.807) is 0 Å². The molecule has 0 rings (SSSR count). The van der Waals surface area contributed by atoms with Crippen LogP contribution < -0.4 is 5.73 Å². The number of carbonyl (C=O) groups is 1. The van der Waals surface area contributed by atoms with E-state index in [2.05, 4.69) is 16.0 Å². The minimum atomic E-state index is -0.930. The van der Waals surface area contributed by atoms with Crippen molar-refractivity contribution in [3.8, 4) is 0 Å². The van der Waals surface area contributed by atoms with Crippen molar-refractivity contribution in [3.05, 3.63) is 0 Å². The molecule has 0 heterocycles. The van der Waals surface area contributed by atoms with Gasteiger partial charge in [0.05, 0.1) is 0 Å². The van der Waals surface area contributed by atoms with Crippen LogP contribution in [0.5, 0.6) is 0 Å². The molecule has 1 radical (unpaired) electrons. The first-order valence-corrected chi connectivity index (χ1v) is 3.46. The van der Waals surface area contributed by atoms with Crippen molar-refractivity contribution in [2.24, 2.45) is 5.73 Å². The average molecular weight is 181 g/mol. The number of carboxylic acids is 1. The van der Waals surface area contributed by atoms with Crippen LogP contribution in [0.1, 0.15) is 6.42 Å². The van der Waals surface area contributed by atoms with Gasteiger partial charge in [0.15, 0.2) is 0 Å². The molecule has 0 bridgehead atoms. The molecular formula is C4H8NO2Se. The molecule has 4 heteroatoms. The fourth-order valence-electron chi connectivity index (χ4n) is 0.250. The van der Waals surface area contributed by atoms with Gasteiger partial charge >= 0.3 is 55.4 Å². The molecule has 0 aliphatic heterocycles. The Morgan fingerprint density at radius 3 is 2.50 bits per heavy atom. The van der Waals surface area contributed by atoms with Gasteiger partial charge in [-0.25, -0.2) is 0 Å². The maximum absolute atomic E-state index is 9.95. The van der Waals surface area contributed by atoms with Crippen molar-refractivity contribution < 1.29 is 9.90 Å². The second kappa shape index (κ2) is 3.89. The van der Waals surface area contributed by atoms with Crippen LogP contribution in [0, 0.1) is 0 Å². The molecule has 0 saturated heterocycles. The number of nitrogens with two attached hydrogens (primary N) is 1. The van der Waals surface area contributed by atoms with Crippen molar-refractivity contribution in [2.45, 2.75) is 17.8 Å². The van der Waals surface area contributed by atoms with Crippen LogP contribution in [-0.2, 0) is 4.79 Å². The van der Waals surface area contributed by atoms with Gasteiger partial charge in [-0.1, -0.05) is 0 Å². The Bertz CT molecular complexity index is 86.1. The van der Waals surface area contributed by atoms with E-state index in [9.17, 15) is 4.79 Å². The Labute approximate surface area is 56.1 Å². The molecule has 0 unspecified atom stereocenters. The Hall–Kier alpha value is -0.0505. The van der Waals surface area contributed by atoms with Gasteiger partial charge in [0, 0.05) is 0 Å². The molecule has 0 aliphatic rings. The Morgan fingerprint density at radius 2 is 2.38 bits per heavy atom. The standard InChI is InChI=1S/C4H8NO2Se/c5-3(1-2-8)4(6)7/h3H,1-2,5H2,(H,6,7)/t3-/m0/s1. The number of aliphatic carboxylic acids is 1. The topological polar surface area (TPSA) is 63.3 Å². The minimum absolute atomic E-state index is 0.509. The number of hydrogen-bond acceptors (Lipinski definition) is 2. The fraction of sp³-hybridized carbons (Fsp3) is 0.750. The number of rotatable bonds is 3. The van der Waals surface area contributed by atoms with E-state index in [-0.39, 0.29) is 0 Å². The van der Waals surface area contributed by atoms with E-state index in [4.69, 9.17) is 10.8 Å². The molecule has 0 fully saturated rings. The summed E-state index contributed by atoms with van der Waals surface area (Å²) in [6, 6.07) is -0.698.